The molecule has 0 radical (unpaired) electrons. The molecular weight excluding hydrogens is 321 g/mol. The van der Waals surface area contributed by atoms with Gasteiger partial charge < -0.3 is 15.7 Å². The molecule has 0 fully saturated rings. The number of carbonyl (C=O) groups excluding carboxylic acids is 1. The van der Waals surface area contributed by atoms with Gasteiger partial charge in [0, 0.05) is 13.1 Å². The van der Waals surface area contributed by atoms with E-state index in [1.807, 2.05) is 0 Å². The van der Waals surface area contributed by atoms with Crippen LogP contribution >= 0.6 is 0 Å². The van der Waals surface area contributed by atoms with Crippen molar-refractivity contribution in [3.05, 3.63) is 71.0 Å². The van der Waals surface area contributed by atoms with Gasteiger partial charge in [-0.1, -0.05) is 24.3 Å². The van der Waals surface area contributed by atoms with Crippen LogP contribution in [0.1, 0.15) is 17.2 Å². The fraction of sp³-hybridized carbons (Fsp3) is 0.235. The quantitative estimate of drug-likeness (QED) is 0.758. The number of aliphatic hydroxyl groups excluding tert-OH is 1. The largest absolute Gasteiger partial charge is 0.386 e. The van der Waals surface area contributed by atoms with E-state index in [0.29, 0.717) is 12.0 Å². The number of halogens is 3. The Hall–Kier alpha value is -2.54. The van der Waals surface area contributed by atoms with Crippen molar-refractivity contribution in [2.45, 2.75) is 12.5 Å². The third-order valence-corrected chi connectivity index (χ3v) is 3.43. The van der Waals surface area contributed by atoms with Crippen molar-refractivity contribution in [2.75, 3.05) is 13.1 Å². The lowest BCUT2D eigenvalue weighted by Gasteiger charge is -2.14. The van der Waals surface area contributed by atoms with E-state index in [-0.39, 0.29) is 18.9 Å². The molecule has 1 unspecified atom stereocenters. The van der Waals surface area contributed by atoms with Gasteiger partial charge >= 0.3 is 6.03 Å². The van der Waals surface area contributed by atoms with Crippen molar-refractivity contribution in [3.63, 3.8) is 0 Å². The minimum Gasteiger partial charge on any atom is -0.386 e. The third-order valence-electron chi connectivity index (χ3n) is 3.43. The zero-order chi connectivity index (χ0) is 17.5. The van der Waals surface area contributed by atoms with Crippen molar-refractivity contribution in [2.24, 2.45) is 0 Å². The molecule has 0 aromatic heterocycles. The van der Waals surface area contributed by atoms with Gasteiger partial charge in [0.15, 0.2) is 0 Å². The number of carbonyl (C=O) groups is 1. The van der Waals surface area contributed by atoms with Crippen LogP contribution < -0.4 is 10.6 Å². The zero-order valence-corrected chi connectivity index (χ0v) is 12.7. The Morgan fingerprint density at radius 1 is 0.958 bits per heavy atom. The predicted molar refractivity (Wildman–Crippen MR) is 82.8 cm³/mol. The van der Waals surface area contributed by atoms with Crippen LogP contribution in [0.25, 0.3) is 0 Å². The first-order chi connectivity index (χ1) is 11.5. The van der Waals surface area contributed by atoms with Gasteiger partial charge in [0.2, 0.25) is 0 Å². The van der Waals surface area contributed by atoms with E-state index in [2.05, 4.69) is 10.6 Å². The number of hydrogen-bond acceptors (Lipinski definition) is 2. The van der Waals surface area contributed by atoms with Gasteiger partial charge in [-0.25, -0.2) is 18.0 Å². The molecule has 0 saturated carbocycles. The molecule has 0 aliphatic carbocycles. The van der Waals surface area contributed by atoms with Crippen LogP contribution in [0, 0.1) is 17.5 Å². The Bertz CT molecular complexity index is 690. The second-order valence-corrected chi connectivity index (χ2v) is 5.13. The van der Waals surface area contributed by atoms with E-state index >= 15 is 0 Å². The van der Waals surface area contributed by atoms with Crippen molar-refractivity contribution >= 4 is 6.03 Å². The second-order valence-electron chi connectivity index (χ2n) is 5.13. The summed E-state index contributed by atoms with van der Waals surface area (Å²) in [6.45, 7) is -0.180. The third kappa shape index (κ3) is 4.73. The monoisotopic (exact) mass is 338 g/mol. The molecule has 2 rings (SSSR count). The Kier molecular flexibility index (Phi) is 6.20. The van der Waals surface area contributed by atoms with E-state index in [0.717, 1.165) is 12.1 Å². The van der Waals surface area contributed by atoms with Crippen molar-refractivity contribution < 1.29 is 23.1 Å². The predicted octanol–water partition coefficient (Wildman–Crippen LogP) is 2.68. The molecule has 0 saturated heterocycles. The fourth-order valence-electron chi connectivity index (χ4n) is 2.19. The standard InChI is InChI=1S/C17H17F3N2O2/c18-12-5-2-1-4-11(12)8-9-21-17(24)22-10-15(23)16-13(19)6-3-7-14(16)20/h1-7,15,23H,8-10H2,(H2,21,22,24). The Balaban J connectivity index is 1.78. The van der Waals surface area contributed by atoms with Crippen LogP contribution in [-0.4, -0.2) is 24.2 Å². The molecule has 0 spiro atoms. The summed E-state index contributed by atoms with van der Waals surface area (Å²) in [6.07, 6.45) is -1.21. The number of benzene rings is 2. The van der Waals surface area contributed by atoms with Gasteiger partial charge in [0.05, 0.1) is 5.56 Å². The maximum Gasteiger partial charge on any atom is 0.314 e. The lowest BCUT2D eigenvalue weighted by molar-refractivity contribution is 0.164. The van der Waals surface area contributed by atoms with E-state index in [9.17, 15) is 23.1 Å². The topological polar surface area (TPSA) is 61.4 Å². The van der Waals surface area contributed by atoms with Crippen LogP contribution in [0.3, 0.4) is 0 Å². The highest BCUT2D eigenvalue weighted by Gasteiger charge is 2.18. The smallest absolute Gasteiger partial charge is 0.314 e. The first kappa shape index (κ1) is 17.8. The zero-order valence-electron chi connectivity index (χ0n) is 12.7. The highest BCUT2D eigenvalue weighted by atomic mass is 19.1. The van der Waals surface area contributed by atoms with Crippen molar-refractivity contribution in [1.29, 1.82) is 0 Å². The number of hydrogen-bond donors (Lipinski definition) is 3. The average Bonchev–Trinajstić information content (AvgIpc) is 2.54. The molecule has 2 aromatic rings. The van der Waals surface area contributed by atoms with Gasteiger partial charge in [0.25, 0.3) is 0 Å². The Labute approximate surface area is 137 Å². The van der Waals surface area contributed by atoms with E-state index in [4.69, 9.17) is 0 Å². The minimum absolute atomic E-state index is 0.178. The van der Waals surface area contributed by atoms with E-state index in [1.54, 1.807) is 18.2 Å². The van der Waals surface area contributed by atoms with Crippen LogP contribution in [0.2, 0.25) is 0 Å². The summed E-state index contributed by atoms with van der Waals surface area (Å²) >= 11 is 0. The molecule has 1 atom stereocenters. The first-order valence-corrected chi connectivity index (χ1v) is 7.36. The van der Waals surface area contributed by atoms with E-state index in [1.165, 1.54) is 12.1 Å². The molecule has 7 heteroatoms. The Morgan fingerprint density at radius 2 is 1.58 bits per heavy atom. The van der Waals surface area contributed by atoms with Crippen LogP contribution in [0.5, 0.6) is 0 Å². The highest BCUT2D eigenvalue weighted by Crippen LogP contribution is 2.19. The SMILES string of the molecule is O=C(NCCc1ccccc1F)NCC(O)c1c(F)cccc1F. The molecule has 0 bridgehead atoms. The maximum atomic E-state index is 13.5. The molecule has 0 heterocycles. The number of nitrogens with one attached hydrogen (secondary N) is 2. The summed E-state index contributed by atoms with van der Waals surface area (Å²) in [5.41, 5.74) is -0.0320. The van der Waals surface area contributed by atoms with Gasteiger partial charge in [-0.15, -0.1) is 0 Å². The van der Waals surface area contributed by atoms with Gasteiger partial charge in [0.1, 0.15) is 23.6 Å². The maximum absolute atomic E-state index is 13.5. The minimum atomic E-state index is -1.51. The van der Waals surface area contributed by atoms with Gasteiger partial charge in [-0.05, 0) is 30.2 Å². The number of rotatable bonds is 6. The second kappa shape index (κ2) is 8.35. The molecular formula is C17H17F3N2O2. The molecule has 3 N–H and O–H groups in total. The molecule has 2 aromatic carbocycles. The average molecular weight is 338 g/mol. The van der Waals surface area contributed by atoms with Crippen molar-refractivity contribution in [3.8, 4) is 0 Å². The van der Waals surface area contributed by atoms with Crippen LogP contribution in [0.15, 0.2) is 42.5 Å². The number of amides is 2. The Morgan fingerprint density at radius 3 is 2.25 bits per heavy atom. The summed E-state index contributed by atoms with van der Waals surface area (Å²) in [5.74, 6) is -2.13. The summed E-state index contributed by atoms with van der Waals surface area (Å²) in [7, 11) is 0. The number of urea groups is 1. The molecule has 0 aliphatic heterocycles. The first-order valence-electron chi connectivity index (χ1n) is 7.36. The molecule has 4 nitrogen and oxygen atoms in total. The van der Waals surface area contributed by atoms with Crippen molar-refractivity contribution in [1.82, 2.24) is 10.6 Å². The van der Waals surface area contributed by atoms with Crippen LogP contribution in [0.4, 0.5) is 18.0 Å². The molecule has 0 aliphatic rings. The van der Waals surface area contributed by atoms with Gasteiger partial charge in [-0.2, -0.15) is 0 Å². The van der Waals surface area contributed by atoms with Gasteiger partial charge in [-0.3, -0.25) is 0 Å². The van der Waals surface area contributed by atoms with Crippen LogP contribution in [-0.2, 0) is 6.42 Å². The lowest BCUT2D eigenvalue weighted by Crippen LogP contribution is -2.39. The molecule has 24 heavy (non-hydrogen) atoms. The summed E-state index contributed by atoms with van der Waals surface area (Å²) in [5, 5.41) is 14.6. The summed E-state index contributed by atoms with van der Waals surface area (Å²) < 4.78 is 40.4. The fourth-order valence-corrected chi connectivity index (χ4v) is 2.19. The lowest BCUT2D eigenvalue weighted by atomic mass is 10.1. The summed E-state index contributed by atoms with van der Waals surface area (Å²) in [4.78, 5) is 11.6. The summed E-state index contributed by atoms with van der Waals surface area (Å²) in [6, 6.07) is 8.81. The highest BCUT2D eigenvalue weighted by molar-refractivity contribution is 5.73. The normalized spacial score (nSPS) is 11.8. The van der Waals surface area contributed by atoms with E-state index < -0.39 is 29.3 Å². The molecule has 2 amide bonds. The number of aliphatic hydroxyl groups is 1. The molecule has 128 valence electrons.